The van der Waals surface area contributed by atoms with E-state index >= 15 is 0 Å². The minimum absolute atomic E-state index is 0.00806. The highest BCUT2D eigenvalue weighted by Gasteiger charge is 2.25. The van der Waals surface area contributed by atoms with Crippen LogP contribution in [0.1, 0.15) is 31.4 Å². The summed E-state index contributed by atoms with van der Waals surface area (Å²) in [6, 6.07) is 2.80. The number of hydrogen-bond donors (Lipinski definition) is 3. The van der Waals surface area contributed by atoms with Crippen molar-refractivity contribution in [3.8, 4) is 0 Å². The molecule has 0 aliphatic heterocycles. The Morgan fingerprint density at radius 3 is 2.75 bits per heavy atom. The maximum atomic E-state index is 13.5. The van der Waals surface area contributed by atoms with Crippen molar-refractivity contribution in [2.45, 2.75) is 38.0 Å². The van der Waals surface area contributed by atoms with Crippen molar-refractivity contribution in [1.82, 2.24) is 10.6 Å². The van der Waals surface area contributed by atoms with E-state index in [2.05, 4.69) is 10.6 Å². The lowest BCUT2D eigenvalue weighted by atomic mass is 10.1. The van der Waals surface area contributed by atoms with Crippen molar-refractivity contribution < 1.29 is 18.7 Å². The molecule has 20 heavy (non-hydrogen) atoms. The summed E-state index contributed by atoms with van der Waals surface area (Å²) >= 11 is 0. The molecule has 110 valence electrons. The summed E-state index contributed by atoms with van der Waals surface area (Å²) in [6.07, 6.45) is 0.871. The van der Waals surface area contributed by atoms with Crippen molar-refractivity contribution >= 4 is 5.91 Å². The molecule has 1 saturated carbocycles. The molecular weight excluding hydrogens is 266 g/mol. The van der Waals surface area contributed by atoms with Gasteiger partial charge in [0.25, 0.3) is 0 Å². The molecule has 0 saturated heterocycles. The average molecular weight is 284 g/mol. The Kier molecular flexibility index (Phi) is 4.67. The highest BCUT2D eigenvalue weighted by Crippen LogP contribution is 2.19. The van der Waals surface area contributed by atoms with Crippen molar-refractivity contribution in [3.63, 3.8) is 0 Å². The molecule has 1 aliphatic carbocycles. The van der Waals surface area contributed by atoms with Gasteiger partial charge in [-0.15, -0.1) is 0 Å². The van der Waals surface area contributed by atoms with Crippen LogP contribution in [0.25, 0.3) is 0 Å². The zero-order chi connectivity index (χ0) is 14.7. The summed E-state index contributed by atoms with van der Waals surface area (Å²) in [7, 11) is 0. The largest absolute Gasteiger partial charge is 0.387 e. The molecular formula is C14H18F2N2O2. The summed E-state index contributed by atoms with van der Waals surface area (Å²) < 4.78 is 26.2. The van der Waals surface area contributed by atoms with E-state index in [1.165, 1.54) is 6.07 Å². The molecule has 3 N–H and O–H groups in total. The highest BCUT2D eigenvalue weighted by molar-refractivity contribution is 5.81. The third-order valence-electron chi connectivity index (χ3n) is 3.26. The second-order valence-corrected chi connectivity index (χ2v) is 5.09. The molecule has 0 heterocycles. The normalized spacial score (nSPS) is 17.6. The maximum Gasteiger partial charge on any atom is 0.237 e. The molecule has 2 atom stereocenters. The van der Waals surface area contributed by atoms with Gasteiger partial charge in [0.2, 0.25) is 5.91 Å². The van der Waals surface area contributed by atoms with E-state index in [0.717, 1.165) is 25.0 Å². The van der Waals surface area contributed by atoms with Gasteiger partial charge in [-0.25, -0.2) is 8.78 Å². The van der Waals surface area contributed by atoms with Crippen LogP contribution in [0.5, 0.6) is 0 Å². The fourth-order valence-electron chi connectivity index (χ4n) is 1.82. The highest BCUT2D eigenvalue weighted by atomic mass is 19.1. The number of carbonyl (C=O) groups is 1. The number of benzene rings is 1. The first kappa shape index (κ1) is 14.9. The number of hydrogen-bond acceptors (Lipinski definition) is 3. The van der Waals surface area contributed by atoms with Crippen LogP contribution >= 0.6 is 0 Å². The van der Waals surface area contributed by atoms with Crippen molar-refractivity contribution in [2.24, 2.45) is 0 Å². The van der Waals surface area contributed by atoms with Crippen molar-refractivity contribution in [1.29, 1.82) is 0 Å². The Balaban J connectivity index is 1.84. The van der Waals surface area contributed by atoms with Crippen LogP contribution in [0.2, 0.25) is 0 Å². The summed E-state index contributed by atoms with van der Waals surface area (Å²) in [4.78, 5) is 11.7. The van der Waals surface area contributed by atoms with Crippen LogP contribution in [0.3, 0.4) is 0 Å². The first-order valence-electron chi connectivity index (χ1n) is 6.64. The van der Waals surface area contributed by atoms with Gasteiger partial charge < -0.3 is 15.7 Å². The zero-order valence-corrected chi connectivity index (χ0v) is 11.2. The molecule has 1 aromatic rings. The van der Waals surface area contributed by atoms with Crippen LogP contribution in [0.4, 0.5) is 8.78 Å². The van der Waals surface area contributed by atoms with Crippen LogP contribution in [0.15, 0.2) is 18.2 Å². The van der Waals surface area contributed by atoms with Crippen molar-refractivity contribution in [2.75, 3.05) is 6.54 Å². The van der Waals surface area contributed by atoms with Gasteiger partial charge in [0, 0.05) is 24.2 Å². The smallest absolute Gasteiger partial charge is 0.237 e. The van der Waals surface area contributed by atoms with Gasteiger partial charge >= 0.3 is 0 Å². The van der Waals surface area contributed by atoms with E-state index in [1.54, 1.807) is 6.92 Å². The number of carbonyl (C=O) groups excluding carboxylic acids is 1. The minimum atomic E-state index is -1.13. The lowest BCUT2D eigenvalue weighted by Gasteiger charge is -2.17. The SMILES string of the molecule is CC(NCC(O)c1ccc(F)cc1F)C(=O)NC1CC1. The molecule has 1 aromatic carbocycles. The molecule has 1 amide bonds. The average Bonchev–Trinajstić information content (AvgIpc) is 3.19. The fourth-order valence-corrected chi connectivity index (χ4v) is 1.82. The van der Waals surface area contributed by atoms with Crippen molar-refractivity contribution in [3.05, 3.63) is 35.4 Å². The third-order valence-corrected chi connectivity index (χ3v) is 3.26. The van der Waals surface area contributed by atoms with Crippen LogP contribution in [-0.2, 0) is 4.79 Å². The molecule has 0 aromatic heterocycles. The molecule has 2 rings (SSSR count). The molecule has 0 spiro atoms. The number of nitrogens with one attached hydrogen (secondary N) is 2. The second-order valence-electron chi connectivity index (χ2n) is 5.09. The van der Waals surface area contributed by atoms with Gasteiger partial charge in [0.05, 0.1) is 12.1 Å². The lowest BCUT2D eigenvalue weighted by molar-refractivity contribution is -0.123. The van der Waals surface area contributed by atoms with Crippen LogP contribution < -0.4 is 10.6 Å². The number of aliphatic hydroxyl groups excluding tert-OH is 1. The van der Waals surface area contributed by atoms with Gasteiger partial charge in [-0.2, -0.15) is 0 Å². The Labute approximate surface area is 116 Å². The topological polar surface area (TPSA) is 61.4 Å². The zero-order valence-electron chi connectivity index (χ0n) is 11.2. The fraction of sp³-hybridized carbons (Fsp3) is 0.500. The van der Waals surface area contributed by atoms with E-state index in [0.29, 0.717) is 0 Å². The Hall–Kier alpha value is -1.53. The first-order valence-corrected chi connectivity index (χ1v) is 6.64. The number of rotatable bonds is 6. The lowest BCUT2D eigenvalue weighted by Crippen LogP contribution is -2.44. The molecule has 0 bridgehead atoms. The summed E-state index contributed by atoms with van der Waals surface area (Å²) in [6.45, 7) is 1.69. The molecule has 4 nitrogen and oxygen atoms in total. The predicted octanol–water partition coefficient (Wildman–Crippen LogP) is 1.25. The molecule has 1 fully saturated rings. The standard InChI is InChI=1S/C14H18F2N2O2/c1-8(14(20)18-10-3-4-10)17-7-13(19)11-5-2-9(15)6-12(11)16/h2,5-6,8,10,13,17,19H,3-4,7H2,1H3,(H,18,20). The predicted molar refractivity (Wildman–Crippen MR) is 69.9 cm³/mol. The number of halogens is 2. The van der Waals surface area contributed by atoms with Crippen LogP contribution in [-0.4, -0.2) is 29.6 Å². The molecule has 0 radical (unpaired) electrons. The Morgan fingerprint density at radius 1 is 1.45 bits per heavy atom. The summed E-state index contributed by atoms with van der Waals surface area (Å²) in [5.74, 6) is -1.63. The number of aliphatic hydroxyl groups is 1. The maximum absolute atomic E-state index is 13.5. The first-order chi connectivity index (χ1) is 9.47. The van der Waals surface area contributed by atoms with Gasteiger partial charge in [-0.05, 0) is 25.8 Å². The second kappa shape index (κ2) is 6.28. The van der Waals surface area contributed by atoms with Crippen LogP contribution in [0, 0.1) is 11.6 Å². The van der Waals surface area contributed by atoms with Gasteiger partial charge in [0.1, 0.15) is 11.6 Å². The third kappa shape index (κ3) is 3.98. The minimum Gasteiger partial charge on any atom is -0.387 e. The van der Waals surface area contributed by atoms with E-state index in [-0.39, 0.29) is 24.1 Å². The van der Waals surface area contributed by atoms with Gasteiger partial charge in [-0.3, -0.25) is 4.79 Å². The quantitative estimate of drug-likeness (QED) is 0.737. The monoisotopic (exact) mass is 284 g/mol. The van der Waals surface area contributed by atoms with E-state index in [4.69, 9.17) is 0 Å². The van der Waals surface area contributed by atoms with E-state index < -0.39 is 23.8 Å². The van der Waals surface area contributed by atoms with E-state index in [1.807, 2.05) is 0 Å². The molecule has 6 heteroatoms. The Bertz CT molecular complexity index is 492. The summed E-state index contributed by atoms with van der Waals surface area (Å²) in [5.41, 5.74) is 0.00806. The molecule has 1 aliphatic rings. The van der Waals surface area contributed by atoms with Gasteiger partial charge in [-0.1, -0.05) is 6.07 Å². The number of amides is 1. The van der Waals surface area contributed by atoms with E-state index in [9.17, 15) is 18.7 Å². The molecule has 2 unspecified atom stereocenters. The summed E-state index contributed by atoms with van der Waals surface area (Å²) in [5, 5.41) is 15.5. The Morgan fingerprint density at radius 2 is 2.15 bits per heavy atom. The van der Waals surface area contributed by atoms with Gasteiger partial charge in [0.15, 0.2) is 0 Å².